The molecule has 0 radical (unpaired) electrons. The molecular weight excluding hydrogens is 280 g/mol. The molecule has 0 aliphatic heterocycles. The van der Waals surface area contributed by atoms with Gasteiger partial charge >= 0.3 is 0 Å². The van der Waals surface area contributed by atoms with Gasteiger partial charge in [0.25, 0.3) is 5.91 Å². The van der Waals surface area contributed by atoms with Gasteiger partial charge in [-0.3, -0.25) is 4.79 Å². The molecule has 2 aromatic rings. The van der Waals surface area contributed by atoms with Gasteiger partial charge in [-0.05, 0) is 18.1 Å². The molecule has 0 atom stereocenters. The van der Waals surface area contributed by atoms with E-state index in [-0.39, 0.29) is 5.92 Å². The van der Waals surface area contributed by atoms with E-state index in [0.717, 1.165) is 16.9 Å². The second-order valence-corrected chi connectivity index (χ2v) is 6.13. The number of thiophene rings is 1. The molecule has 19 heavy (non-hydrogen) atoms. The number of nitrogens with one attached hydrogen (secondary N) is 1. The Morgan fingerprint density at radius 2 is 1.95 bits per heavy atom. The molecule has 2 rings (SSSR count). The molecule has 1 aromatic heterocycles. The summed E-state index contributed by atoms with van der Waals surface area (Å²) in [4.78, 5) is 12.0. The van der Waals surface area contributed by atoms with Crippen LogP contribution in [0.2, 0.25) is 4.34 Å². The number of para-hydroxylation sites is 1. The van der Waals surface area contributed by atoms with Crippen molar-refractivity contribution in [2.75, 3.05) is 5.32 Å². The Morgan fingerprint density at radius 1 is 1.32 bits per heavy atom. The number of hydrogen-bond donors (Lipinski definition) is 2. The Hall–Kier alpha value is -1.52. The number of nitrogens with two attached hydrogens (primary N) is 1. The number of primary amides is 1. The van der Waals surface area contributed by atoms with Gasteiger partial charge in [-0.15, -0.1) is 11.3 Å². The second-order valence-electron chi connectivity index (χ2n) is 4.50. The summed E-state index contributed by atoms with van der Waals surface area (Å²) in [6, 6.07) is 9.71. The predicted octanol–water partition coefficient (Wildman–Crippen LogP) is 4.37. The van der Waals surface area contributed by atoms with Crippen LogP contribution in [0.1, 0.15) is 35.0 Å². The van der Waals surface area contributed by atoms with E-state index < -0.39 is 5.91 Å². The van der Waals surface area contributed by atoms with Gasteiger partial charge in [0.15, 0.2) is 0 Å². The summed E-state index contributed by atoms with van der Waals surface area (Å²) in [5, 5.41) is 3.27. The highest BCUT2D eigenvalue weighted by atomic mass is 35.5. The Labute approximate surface area is 121 Å². The molecule has 3 nitrogen and oxygen atoms in total. The standard InChI is InChI=1S/C14H15ClN2OS/c1-8(2)10-11(13(15)19-12(10)14(16)18)17-9-6-4-3-5-7-9/h3-8,17H,1-2H3,(H2,16,18). The third-order valence-electron chi connectivity index (χ3n) is 2.75. The molecule has 0 fully saturated rings. The van der Waals surface area contributed by atoms with Gasteiger partial charge in [0.05, 0.1) is 10.6 Å². The van der Waals surface area contributed by atoms with Crippen LogP contribution < -0.4 is 11.1 Å². The summed E-state index contributed by atoms with van der Waals surface area (Å²) in [6.07, 6.45) is 0. The fourth-order valence-electron chi connectivity index (χ4n) is 1.93. The van der Waals surface area contributed by atoms with E-state index >= 15 is 0 Å². The molecule has 0 saturated carbocycles. The Morgan fingerprint density at radius 3 is 2.47 bits per heavy atom. The first kappa shape index (κ1) is 13.9. The Kier molecular flexibility index (Phi) is 4.12. The van der Waals surface area contributed by atoms with Crippen molar-refractivity contribution in [2.45, 2.75) is 19.8 Å². The Bertz CT molecular complexity index is 593. The summed E-state index contributed by atoms with van der Waals surface area (Å²) < 4.78 is 0.557. The molecule has 100 valence electrons. The first-order chi connectivity index (χ1) is 9.00. The number of anilines is 2. The van der Waals surface area contributed by atoms with Crippen molar-refractivity contribution < 1.29 is 4.79 Å². The zero-order valence-corrected chi connectivity index (χ0v) is 12.3. The molecular formula is C14H15ClN2OS. The number of halogens is 1. The lowest BCUT2D eigenvalue weighted by Crippen LogP contribution is -2.12. The van der Waals surface area contributed by atoms with Gasteiger partial charge in [0, 0.05) is 11.3 Å². The monoisotopic (exact) mass is 294 g/mol. The van der Waals surface area contributed by atoms with Gasteiger partial charge in [-0.2, -0.15) is 0 Å². The quantitative estimate of drug-likeness (QED) is 0.880. The summed E-state index contributed by atoms with van der Waals surface area (Å²) in [7, 11) is 0. The zero-order valence-electron chi connectivity index (χ0n) is 10.7. The van der Waals surface area contributed by atoms with Crippen LogP contribution in [0.25, 0.3) is 0 Å². The van der Waals surface area contributed by atoms with Gasteiger partial charge in [-0.1, -0.05) is 43.6 Å². The number of carbonyl (C=O) groups excluding carboxylic acids is 1. The van der Waals surface area contributed by atoms with Crippen LogP contribution in [0.5, 0.6) is 0 Å². The van der Waals surface area contributed by atoms with E-state index in [9.17, 15) is 4.79 Å². The third-order valence-corrected chi connectivity index (χ3v) is 4.18. The van der Waals surface area contributed by atoms with Gasteiger partial charge < -0.3 is 11.1 Å². The largest absolute Gasteiger partial charge is 0.365 e. The number of carbonyl (C=O) groups is 1. The minimum atomic E-state index is -0.434. The average Bonchev–Trinajstić information content (AvgIpc) is 2.68. The fraction of sp³-hybridized carbons (Fsp3) is 0.214. The molecule has 0 aliphatic carbocycles. The van der Waals surface area contributed by atoms with Crippen molar-refractivity contribution in [3.8, 4) is 0 Å². The highest BCUT2D eigenvalue weighted by Gasteiger charge is 2.22. The van der Waals surface area contributed by atoms with Crippen molar-refractivity contribution in [1.82, 2.24) is 0 Å². The zero-order chi connectivity index (χ0) is 14.0. The van der Waals surface area contributed by atoms with E-state index in [4.69, 9.17) is 17.3 Å². The van der Waals surface area contributed by atoms with E-state index in [1.165, 1.54) is 11.3 Å². The lowest BCUT2D eigenvalue weighted by molar-refractivity contribution is 0.100. The third kappa shape index (κ3) is 2.91. The maximum atomic E-state index is 11.5. The van der Waals surface area contributed by atoms with Crippen molar-refractivity contribution in [2.24, 2.45) is 5.73 Å². The first-order valence-electron chi connectivity index (χ1n) is 5.94. The van der Waals surface area contributed by atoms with Crippen LogP contribution in [-0.2, 0) is 0 Å². The molecule has 1 heterocycles. The van der Waals surface area contributed by atoms with E-state index in [1.54, 1.807) is 0 Å². The molecule has 5 heteroatoms. The highest BCUT2D eigenvalue weighted by Crippen LogP contribution is 2.42. The number of hydrogen-bond acceptors (Lipinski definition) is 3. The van der Waals surface area contributed by atoms with Gasteiger partial charge in [-0.25, -0.2) is 0 Å². The minimum Gasteiger partial charge on any atom is -0.365 e. The van der Waals surface area contributed by atoms with Crippen molar-refractivity contribution in [1.29, 1.82) is 0 Å². The minimum absolute atomic E-state index is 0.164. The number of rotatable bonds is 4. The van der Waals surface area contributed by atoms with E-state index in [0.29, 0.717) is 9.21 Å². The highest BCUT2D eigenvalue weighted by molar-refractivity contribution is 7.19. The SMILES string of the molecule is CC(C)c1c(C(N)=O)sc(Cl)c1Nc1ccccc1. The second kappa shape index (κ2) is 5.63. The topological polar surface area (TPSA) is 55.1 Å². The van der Waals surface area contributed by atoms with Gasteiger partial charge in [0.2, 0.25) is 0 Å². The molecule has 1 aromatic carbocycles. The maximum Gasteiger partial charge on any atom is 0.259 e. The fourth-order valence-corrected chi connectivity index (χ4v) is 3.30. The van der Waals surface area contributed by atoms with E-state index in [1.807, 2.05) is 44.2 Å². The van der Waals surface area contributed by atoms with Crippen molar-refractivity contribution in [3.05, 3.63) is 45.1 Å². The maximum absolute atomic E-state index is 11.5. The molecule has 0 bridgehead atoms. The smallest absolute Gasteiger partial charge is 0.259 e. The average molecular weight is 295 g/mol. The predicted molar refractivity (Wildman–Crippen MR) is 81.7 cm³/mol. The lowest BCUT2D eigenvalue weighted by atomic mass is 10.0. The lowest BCUT2D eigenvalue weighted by Gasteiger charge is -2.12. The normalized spacial score (nSPS) is 10.7. The van der Waals surface area contributed by atoms with Crippen LogP contribution in [0.15, 0.2) is 30.3 Å². The molecule has 1 amide bonds. The number of benzene rings is 1. The van der Waals surface area contributed by atoms with Crippen LogP contribution in [-0.4, -0.2) is 5.91 Å². The summed E-state index contributed by atoms with van der Waals surface area (Å²) in [5.41, 5.74) is 8.00. The summed E-state index contributed by atoms with van der Waals surface area (Å²) in [5.74, 6) is -0.269. The molecule has 0 saturated heterocycles. The molecule has 3 N–H and O–H groups in total. The number of amides is 1. The van der Waals surface area contributed by atoms with E-state index in [2.05, 4.69) is 5.32 Å². The van der Waals surface area contributed by atoms with Gasteiger partial charge in [0.1, 0.15) is 4.34 Å². The summed E-state index contributed by atoms with van der Waals surface area (Å²) >= 11 is 7.46. The molecule has 0 unspecified atom stereocenters. The molecule has 0 aliphatic rings. The van der Waals surface area contributed by atoms with Crippen molar-refractivity contribution >= 4 is 40.2 Å². The Balaban J connectivity index is 2.48. The molecule has 0 spiro atoms. The van der Waals surface area contributed by atoms with Crippen LogP contribution in [0.4, 0.5) is 11.4 Å². The van der Waals surface area contributed by atoms with Crippen LogP contribution in [0, 0.1) is 0 Å². The van der Waals surface area contributed by atoms with Crippen LogP contribution in [0.3, 0.4) is 0 Å². The first-order valence-corrected chi connectivity index (χ1v) is 7.14. The summed E-state index contributed by atoms with van der Waals surface area (Å²) in [6.45, 7) is 4.03. The van der Waals surface area contributed by atoms with Crippen molar-refractivity contribution in [3.63, 3.8) is 0 Å². The van der Waals surface area contributed by atoms with Crippen LogP contribution >= 0.6 is 22.9 Å².